The Hall–Kier alpha value is -0.290. The molecule has 0 aromatic heterocycles. The summed E-state index contributed by atoms with van der Waals surface area (Å²) in [6, 6.07) is 0. The van der Waals surface area contributed by atoms with Gasteiger partial charge in [0, 0.05) is 0 Å². The lowest BCUT2D eigenvalue weighted by Crippen LogP contribution is -2.29. The summed E-state index contributed by atoms with van der Waals surface area (Å²) < 4.78 is 34.8. The van der Waals surface area contributed by atoms with Gasteiger partial charge in [-0.05, 0) is 12.5 Å². The van der Waals surface area contributed by atoms with Gasteiger partial charge in [-0.2, -0.15) is 13.2 Å². The molecule has 0 aliphatic heterocycles. The molecule has 0 aromatic rings. The van der Waals surface area contributed by atoms with Gasteiger partial charge in [0.25, 0.3) is 0 Å². The Balaban J connectivity index is 3.77. The van der Waals surface area contributed by atoms with Crippen LogP contribution in [-0.4, -0.2) is 23.9 Å². The zero-order valence-corrected chi connectivity index (χ0v) is 6.23. The van der Waals surface area contributed by atoms with Gasteiger partial charge in [-0.15, -0.1) is 0 Å². The van der Waals surface area contributed by atoms with Crippen LogP contribution in [0.4, 0.5) is 13.2 Å². The topological polar surface area (TPSA) is 46.2 Å². The minimum atomic E-state index is -4.30. The van der Waals surface area contributed by atoms with E-state index in [0.29, 0.717) is 0 Å². The molecule has 2 atom stereocenters. The van der Waals surface area contributed by atoms with Crippen molar-refractivity contribution in [3.63, 3.8) is 0 Å². The Kier molecular flexibility index (Phi) is 3.82. The van der Waals surface area contributed by atoms with E-state index in [1.807, 2.05) is 0 Å². The van der Waals surface area contributed by atoms with Crippen LogP contribution in [-0.2, 0) is 0 Å². The van der Waals surface area contributed by atoms with E-state index in [0.717, 1.165) is 0 Å². The van der Waals surface area contributed by atoms with Gasteiger partial charge < -0.3 is 10.8 Å². The van der Waals surface area contributed by atoms with Crippen LogP contribution in [0.25, 0.3) is 0 Å². The third kappa shape index (κ3) is 5.03. The number of halogens is 3. The largest absolute Gasteiger partial charge is 0.392 e. The Labute approximate surface area is 63.2 Å². The van der Waals surface area contributed by atoms with Crippen molar-refractivity contribution in [2.24, 2.45) is 11.7 Å². The molecule has 0 saturated carbocycles. The highest BCUT2D eigenvalue weighted by Gasteiger charge is 2.32. The third-order valence-electron chi connectivity index (χ3n) is 1.47. The van der Waals surface area contributed by atoms with Crippen molar-refractivity contribution in [1.82, 2.24) is 0 Å². The van der Waals surface area contributed by atoms with Gasteiger partial charge in [0.05, 0.1) is 12.5 Å². The molecular weight excluding hydrogens is 159 g/mol. The number of rotatable bonds is 3. The van der Waals surface area contributed by atoms with Crippen LogP contribution in [0.15, 0.2) is 0 Å². The lowest BCUT2D eigenvalue weighted by Gasteiger charge is -2.18. The van der Waals surface area contributed by atoms with Gasteiger partial charge in [-0.3, -0.25) is 0 Å². The van der Waals surface area contributed by atoms with Crippen LogP contribution < -0.4 is 5.73 Å². The summed E-state index contributed by atoms with van der Waals surface area (Å²) in [5, 5.41) is 8.85. The first-order valence-corrected chi connectivity index (χ1v) is 3.31. The summed E-state index contributed by atoms with van der Waals surface area (Å²) in [5.74, 6) is -0.503. The molecule has 0 spiro atoms. The van der Waals surface area contributed by atoms with E-state index in [1.54, 1.807) is 0 Å². The molecule has 2 nitrogen and oxygen atoms in total. The molecule has 68 valence electrons. The second kappa shape index (κ2) is 3.92. The molecule has 5 heteroatoms. The van der Waals surface area contributed by atoms with E-state index >= 15 is 0 Å². The van der Waals surface area contributed by atoms with Crippen molar-refractivity contribution < 1.29 is 18.3 Å². The molecule has 11 heavy (non-hydrogen) atoms. The Morgan fingerprint density at radius 2 is 1.91 bits per heavy atom. The standard InChI is InChI=1S/C6H12F3NO/c1-4(3-10)5(11)2-6(7,8)9/h4-5,11H,2-3,10H2,1H3. The Morgan fingerprint density at radius 3 is 2.18 bits per heavy atom. The summed E-state index contributed by atoms with van der Waals surface area (Å²) in [7, 11) is 0. The quantitative estimate of drug-likeness (QED) is 0.662. The van der Waals surface area contributed by atoms with Crippen LogP contribution in [0.3, 0.4) is 0 Å². The van der Waals surface area contributed by atoms with E-state index < -0.39 is 24.6 Å². The van der Waals surface area contributed by atoms with Gasteiger partial charge in [-0.25, -0.2) is 0 Å². The van der Waals surface area contributed by atoms with E-state index in [4.69, 9.17) is 10.8 Å². The normalized spacial score (nSPS) is 18.0. The van der Waals surface area contributed by atoms with Gasteiger partial charge in [0.2, 0.25) is 0 Å². The number of alkyl halides is 3. The molecule has 0 bridgehead atoms. The summed E-state index contributed by atoms with van der Waals surface area (Å²) in [4.78, 5) is 0. The Bertz CT molecular complexity index is 115. The van der Waals surface area contributed by atoms with Crippen LogP contribution in [0, 0.1) is 5.92 Å². The SMILES string of the molecule is CC(CN)C(O)CC(F)(F)F. The minimum absolute atomic E-state index is 0.0667. The van der Waals surface area contributed by atoms with Crippen molar-refractivity contribution in [3.8, 4) is 0 Å². The zero-order valence-electron chi connectivity index (χ0n) is 6.23. The van der Waals surface area contributed by atoms with E-state index in [2.05, 4.69) is 0 Å². The second-order valence-electron chi connectivity index (χ2n) is 2.60. The summed E-state index contributed by atoms with van der Waals surface area (Å²) in [6.07, 6.45) is -6.85. The van der Waals surface area contributed by atoms with Crippen molar-refractivity contribution in [2.75, 3.05) is 6.54 Å². The molecule has 0 radical (unpaired) electrons. The molecule has 2 unspecified atom stereocenters. The average Bonchev–Trinajstić information content (AvgIpc) is 1.82. The summed E-state index contributed by atoms with van der Waals surface area (Å²) >= 11 is 0. The van der Waals surface area contributed by atoms with Crippen molar-refractivity contribution in [2.45, 2.75) is 25.6 Å². The van der Waals surface area contributed by atoms with Gasteiger partial charge in [0.15, 0.2) is 0 Å². The Morgan fingerprint density at radius 1 is 1.45 bits per heavy atom. The lowest BCUT2D eigenvalue weighted by molar-refractivity contribution is -0.158. The predicted molar refractivity (Wildman–Crippen MR) is 34.9 cm³/mol. The molecule has 0 amide bonds. The fraction of sp³-hybridized carbons (Fsp3) is 1.00. The van der Waals surface area contributed by atoms with Crippen molar-refractivity contribution in [3.05, 3.63) is 0 Å². The number of hydrogen-bond donors (Lipinski definition) is 2. The van der Waals surface area contributed by atoms with E-state index in [-0.39, 0.29) is 6.54 Å². The lowest BCUT2D eigenvalue weighted by atomic mass is 10.0. The smallest absolute Gasteiger partial charge is 0.391 e. The number of hydrogen-bond acceptors (Lipinski definition) is 2. The monoisotopic (exact) mass is 171 g/mol. The van der Waals surface area contributed by atoms with Gasteiger partial charge in [-0.1, -0.05) is 6.92 Å². The third-order valence-corrected chi connectivity index (χ3v) is 1.47. The second-order valence-corrected chi connectivity index (χ2v) is 2.60. The first kappa shape index (κ1) is 10.7. The van der Waals surface area contributed by atoms with Crippen LogP contribution in [0.1, 0.15) is 13.3 Å². The fourth-order valence-corrected chi connectivity index (χ4v) is 0.595. The van der Waals surface area contributed by atoms with E-state index in [9.17, 15) is 13.2 Å². The molecule has 0 fully saturated rings. The summed E-state index contributed by atoms with van der Waals surface area (Å²) in [5.41, 5.74) is 5.06. The number of aliphatic hydroxyl groups is 1. The highest BCUT2D eigenvalue weighted by atomic mass is 19.4. The van der Waals surface area contributed by atoms with Crippen molar-refractivity contribution in [1.29, 1.82) is 0 Å². The summed E-state index contributed by atoms with van der Waals surface area (Å²) in [6.45, 7) is 1.55. The highest BCUT2D eigenvalue weighted by Crippen LogP contribution is 2.23. The molecule has 0 aliphatic rings. The first-order chi connectivity index (χ1) is 4.87. The molecule has 0 heterocycles. The maximum absolute atomic E-state index is 11.6. The average molecular weight is 171 g/mol. The van der Waals surface area contributed by atoms with Crippen LogP contribution in [0.5, 0.6) is 0 Å². The van der Waals surface area contributed by atoms with Crippen molar-refractivity contribution >= 4 is 0 Å². The van der Waals surface area contributed by atoms with Crippen LogP contribution in [0.2, 0.25) is 0 Å². The number of nitrogens with two attached hydrogens (primary N) is 1. The fourth-order valence-electron chi connectivity index (χ4n) is 0.595. The van der Waals surface area contributed by atoms with Gasteiger partial charge >= 0.3 is 6.18 Å². The maximum atomic E-state index is 11.6. The molecule has 0 aromatic carbocycles. The highest BCUT2D eigenvalue weighted by molar-refractivity contribution is 4.68. The van der Waals surface area contributed by atoms with Crippen LogP contribution >= 0.6 is 0 Å². The maximum Gasteiger partial charge on any atom is 0.391 e. The zero-order chi connectivity index (χ0) is 9.07. The molecule has 3 N–H and O–H groups in total. The molecule has 0 saturated heterocycles. The minimum Gasteiger partial charge on any atom is -0.392 e. The molecule has 0 aliphatic carbocycles. The first-order valence-electron chi connectivity index (χ1n) is 3.31. The molecular formula is C6H12F3NO. The predicted octanol–water partition coefficient (Wildman–Crippen LogP) is 0.894. The van der Waals surface area contributed by atoms with Gasteiger partial charge in [0.1, 0.15) is 0 Å². The number of aliphatic hydroxyl groups excluding tert-OH is 1. The molecule has 0 rings (SSSR count). The van der Waals surface area contributed by atoms with E-state index in [1.165, 1.54) is 6.92 Å².